The number of hydrogen-bond acceptors (Lipinski definition) is 3. The second kappa shape index (κ2) is 7.24. The first-order chi connectivity index (χ1) is 9.63. The van der Waals surface area contributed by atoms with Crippen LogP contribution in [0.5, 0.6) is 0 Å². The predicted octanol–water partition coefficient (Wildman–Crippen LogP) is 2.41. The summed E-state index contributed by atoms with van der Waals surface area (Å²) in [5.74, 6) is -0.0856. The van der Waals surface area contributed by atoms with Gasteiger partial charge in [-0.3, -0.25) is 4.79 Å². The molecule has 0 bridgehead atoms. The minimum absolute atomic E-state index is 0.0234. The second-order valence-electron chi connectivity index (χ2n) is 5.52. The molecule has 0 fully saturated rings. The van der Waals surface area contributed by atoms with Crippen molar-refractivity contribution in [2.75, 3.05) is 6.54 Å². The first-order valence-electron chi connectivity index (χ1n) is 6.73. The number of amides is 1. The summed E-state index contributed by atoms with van der Waals surface area (Å²) < 4.78 is 26.7. The average molecular weight is 333 g/mol. The Bertz CT molecular complexity index is 613. The van der Waals surface area contributed by atoms with Gasteiger partial charge in [0.25, 0.3) is 5.91 Å². The van der Waals surface area contributed by atoms with E-state index in [9.17, 15) is 13.2 Å². The number of carbonyl (C=O) groups excluding carboxylic acids is 1. The number of benzene rings is 1. The Labute approximate surface area is 131 Å². The van der Waals surface area contributed by atoms with E-state index >= 15 is 0 Å². The van der Waals surface area contributed by atoms with E-state index in [2.05, 4.69) is 10.0 Å². The molecule has 0 atom stereocenters. The normalized spacial score (nSPS) is 12.0. The van der Waals surface area contributed by atoms with E-state index < -0.39 is 10.0 Å². The maximum Gasteiger partial charge on any atom is 0.252 e. The smallest absolute Gasteiger partial charge is 0.252 e. The molecule has 0 saturated heterocycles. The van der Waals surface area contributed by atoms with Crippen LogP contribution in [-0.2, 0) is 10.0 Å². The van der Waals surface area contributed by atoms with E-state index in [1.54, 1.807) is 13.8 Å². The molecule has 0 aromatic heterocycles. The molecular formula is C14H21ClN2O3S. The van der Waals surface area contributed by atoms with E-state index in [-0.39, 0.29) is 27.4 Å². The molecule has 0 unspecified atom stereocenters. The lowest BCUT2D eigenvalue weighted by atomic mass is 10.2. The van der Waals surface area contributed by atoms with Crippen molar-refractivity contribution in [3.8, 4) is 0 Å². The van der Waals surface area contributed by atoms with Crippen molar-refractivity contribution in [2.45, 2.75) is 38.6 Å². The van der Waals surface area contributed by atoms with E-state index in [1.807, 2.05) is 13.8 Å². The molecule has 1 rings (SSSR count). The lowest BCUT2D eigenvalue weighted by molar-refractivity contribution is 0.0949. The minimum atomic E-state index is -3.65. The lowest BCUT2D eigenvalue weighted by Crippen LogP contribution is -2.31. The zero-order valence-corrected chi connectivity index (χ0v) is 14.2. The third kappa shape index (κ3) is 5.30. The molecule has 1 amide bonds. The Balaban J connectivity index is 3.08. The summed E-state index contributed by atoms with van der Waals surface area (Å²) in [4.78, 5) is 12.1. The molecule has 5 nitrogen and oxygen atoms in total. The van der Waals surface area contributed by atoms with Crippen molar-refractivity contribution < 1.29 is 13.2 Å². The highest BCUT2D eigenvalue weighted by Gasteiger charge is 2.19. The number of halogens is 1. The van der Waals surface area contributed by atoms with Crippen LogP contribution in [0.3, 0.4) is 0 Å². The van der Waals surface area contributed by atoms with Crippen LogP contribution in [0.1, 0.15) is 38.1 Å². The molecule has 0 aliphatic carbocycles. The molecule has 0 saturated carbocycles. The molecule has 118 valence electrons. The minimum Gasteiger partial charge on any atom is -0.352 e. The Kier molecular flexibility index (Phi) is 6.19. The molecule has 2 N–H and O–H groups in total. The van der Waals surface area contributed by atoms with Crippen LogP contribution in [0.25, 0.3) is 0 Å². The summed E-state index contributed by atoms with van der Waals surface area (Å²) in [5.41, 5.74) is 0.156. The first kappa shape index (κ1) is 17.9. The standard InChI is InChI=1S/C14H21ClN2O3S/c1-9(2)8-16-14(18)12-7-11(5-6-13(12)15)21(19,20)17-10(3)4/h5-7,9-10,17H,8H2,1-4H3,(H,16,18). The molecule has 0 heterocycles. The molecule has 0 radical (unpaired) electrons. The molecule has 1 aromatic rings. The molecular weight excluding hydrogens is 312 g/mol. The summed E-state index contributed by atoms with van der Waals surface area (Å²) in [6.45, 7) is 7.88. The van der Waals surface area contributed by atoms with Gasteiger partial charge in [0, 0.05) is 12.6 Å². The van der Waals surface area contributed by atoms with E-state index in [4.69, 9.17) is 11.6 Å². The van der Waals surface area contributed by atoms with Crippen LogP contribution in [0.2, 0.25) is 5.02 Å². The van der Waals surface area contributed by atoms with Gasteiger partial charge in [0.15, 0.2) is 0 Å². The van der Waals surface area contributed by atoms with Gasteiger partial charge in [0.1, 0.15) is 0 Å². The van der Waals surface area contributed by atoms with E-state index in [0.29, 0.717) is 12.5 Å². The number of nitrogens with one attached hydrogen (secondary N) is 2. The van der Waals surface area contributed by atoms with Gasteiger partial charge >= 0.3 is 0 Å². The Morgan fingerprint density at radius 1 is 1.24 bits per heavy atom. The zero-order valence-electron chi connectivity index (χ0n) is 12.6. The summed E-state index contributed by atoms with van der Waals surface area (Å²) in [6.07, 6.45) is 0. The third-order valence-corrected chi connectivity index (χ3v) is 4.54. The quantitative estimate of drug-likeness (QED) is 0.840. The Morgan fingerprint density at radius 2 is 1.86 bits per heavy atom. The van der Waals surface area contributed by atoms with Gasteiger partial charge in [-0.15, -0.1) is 0 Å². The van der Waals surface area contributed by atoms with Gasteiger partial charge < -0.3 is 5.32 Å². The van der Waals surface area contributed by atoms with Crippen molar-refractivity contribution >= 4 is 27.5 Å². The summed E-state index contributed by atoms with van der Waals surface area (Å²) in [7, 11) is -3.65. The van der Waals surface area contributed by atoms with Crippen LogP contribution >= 0.6 is 11.6 Å². The molecule has 0 spiro atoms. The van der Waals surface area contributed by atoms with Crippen molar-refractivity contribution in [1.82, 2.24) is 10.0 Å². The topological polar surface area (TPSA) is 75.3 Å². The largest absolute Gasteiger partial charge is 0.352 e. The number of carbonyl (C=O) groups is 1. The fourth-order valence-electron chi connectivity index (χ4n) is 1.62. The predicted molar refractivity (Wildman–Crippen MR) is 84.1 cm³/mol. The number of rotatable bonds is 6. The van der Waals surface area contributed by atoms with Crippen molar-refractivity contribution in [2.24, 2.45) is 5.92 Å². The Morgan fingerprint density at radius 3 is 2.38 bits per heavy atom. The summed E-state index contributed by atoms with van der Waals surface area (Å²) in [6, 6.07) is 3.86. The average Bonchev–Trinajstić information content (AvgIpc) is 2.34. The van der Waals surface area contributed by atoms with Gasteiger partial charge in [-0.2, -0.15) is 0 Å². The van der Waals surface area contributed by atoms with Crippen LogP contribution in [-0.4, -0.2) is 26.9 Å². The molecule has 21 heavy (non-hydrogen) atoms. The SMILES string of the molecule is CC(C)CNC(=O)c1cc(S(=O)(=O)NC(C)C)ccc1Cl. The van der Waals surface area contributed by atoms with E-state index in [0.717, 1.165) is 0 Å². The fraction of sp³-hybridized carbons (Fsp3) is 0.500. The third-order valence-electron chi connectivity index (χ3n) is 2.55. The van der Waals surface area contributed by atoms with Crippen LogP contribution in [0.15, 0.2) is 23.1 Å². The van der Waals surface area contributed by atoms with E-state index in [1.165, 1.54) is 18.2 Å². The fourth-order valence-corrected chi connectivity index (χ4v) is 3.10. The van der Waals surface area contributed by atoms with Gasteiger partial charge in [-0.05, 0) is 38.0 Å². The lowest BCUT2D eigenvalue weighted by Gasteiger charge is -2.12. The summed E-state index contributed by atoms with van der Waals surface area (Å²) in [5, 5.41) is 2.94. The van der Waals surface area contributed by atoms with Crippen LogP contribution < -0.4 is 10.0 Å². The van der Waals surface area contributed by atoms with Crippen molar-refractivity contribution in [1.29, 1.82) is 0 Å². The maximum absolute atomic E-state index is 12.1. The molecule has 0 aliphatic rings. The van der Waals surface area contributed by atoms with Crippen molar-refractivity contribution in [3.05, 3.63) is 28.8 Å². The maximum atomic E-state index is 12.1. The number of hydrogen-bond donors (Lipinski definition) is 2. The van der Waals surface area contributed by atoms with Gasteiger partial charge in [-0.1, -0.05) is 25.4 Å². The zero-order chi connectivity index (χ0) is 16.2. The number of sulfonamides is 1. The molecule has 7 heteroatoms. The first-order valence-corrected chi connectivity index (χ1v) is 8.59. The molecule has 1 aromatic carbocycles. The van der Waals surface area contributed by atoms with Gasteiger partial charge in [0.2, 0.25) is 10.0 Å². The highest BCUT2D eigenvalue weighted by atomic mass is 35.5. The highest BCUT2D eigenvalue weighted by molar-refractivity contribution is 7.89. The molecule has 0 aliphatic heterocycles. The summed E-state index contributed by atoms with van der Waals surface area (Å²) >= 11 is 5.99. The Hall–Kier alpha value is -1.11. The second-order valence-corrected chi connectivity index (χ2v) is 7.64. The monoisotopic (exact) mass is 332 g/mol. The van der Waals surface area contributed by atoms with Crippen LogP contribution in [0, 0.1) is 5.92 Å². The van der Waals surface area contributed by atoms with Crippen molar-refractivity contribution in [3.63, 3.8) is 0 Å². The highest BCUT2D eigenvalue weighted by Crippen LogP contribution is 2.20. The van der Waals surface area contributed by atoms with Crippen LogP contribution in [0.4, 0.5) is 0 Å². The van der Waals surface area contributed by atoms with Gasteiger partial charge in [0.05, 0.1) is 15.5 Å². The van der Waals surface area contributed by atoms with Gasteiger partial charge in [-0.25, -0.2) is 13.1 Å².